The van der Waals surface area contributed by atoms with Crippen LogP contribution >= 0.6 is 0 Å². The molecule has 4 nitrogen and oxygen atoms in total. The molecule has 0 unspecified atom stereocenters. The van der Waals surface area contributed by atoms with Gasteiger partial charge in [-0.05, 0) is 211 Å². The van der Waals surface area contributed by atoms with Gasteiger partial charge in [0.15, 0.2) is 0 Å². The van der Waals surface area contributed by atoms with Gasteiger partial charge in [-0.2, -0.15) is 0 Å². The number of phenols is 2. The quantitative estimate of drug-likeness (QED) is 0.123. The normalized spacial score (nSPS) is 19.8. The molecule has 2 heterocycles. The number of hydrogen-bond acceptors (Lipinski definition) is 4. The van der Waals surface area contributed by atoms with Gasteiger partial charge < -0.3 is 19.7 Å². The molecule has 0 spiro atoms. The number of ether oxygens (including phenoxy) is 2. The molecule has 0 amide bonds. The second kappa shape index (κ2) is 24.8. The van der Waals surface area contributed by atoms with Gasteiger partial charge in [0.25, 0.3) is 0 Å². The highest BCUT2D eigenvalue weighted by Gasteiger charge is 2.35. The van der Waals surface area contributed by atoms with E-state index in [4.69, 9.17) is 9.47 Å². The second-order valence-corrected chi connectivity index (χ2v) is 21.5. The third-order valence-electron chi connectivity index (χ3n) is 14.7. The molecule has 2 aliphatic heterocycles. The highest BCUT2D eigenvalue weighted by molar-refractivity contribution is 5.59. The van der Waals surface area contributed by atoms with E-state index in [1.54, 1.807) is 0 Å². The van der Waals surface area contributed by atoms with Crippen molar-refractivity contribution in [2.45, 2.75) is 244 Å². The minimum atomic E-state index is -0.133. The molecule has 4 heteroatoms. The Morgan fingerprint density at radius 1 is 0.532 bits per heavy atom. The van der Waals surface area contributed by atoms with Gasteiger partial charge in [-0.15, -0.1) is 0 Å². The fourth-order valence-electron chi connectivity index (χ4n) is 9.71. The van der Waals surface area contributed by atoms with Crippen LogP contribution < -0.4 is 9.47 Å². The van der Waals surface area contributed by atoms with Gasteiger partial charge in [-0.3, -0.25) is 0 Å². The predicted octanol–water partition coefficient (Wildman–Crippen LogP) is 17.4. The van der Waals surface area contributed by atoms with Gasteiger partial charge in [-0.25, -0.2) is 0 Å². The lowest BCUT2D eigenvalue weighted by atomic mass is 9.84. The van der Waals surface area contributed by atoms with Crippen LogP contribution in [0, 0.1) is 59.3 Å². The smallest absolute Gasteiger partial charge is 0.127 e. The molecule has 0 radical (unpaired) electrons. The summed E-state index contributed by atoms with van der Waals surface area (Å²) in [6.07, 6.45) is 29.8. The molecular formula is C58H94O4. The van der Waals surface area contributed by atoms with Crippen molar-refractivity contribution in [2.75, 3.05) is 0 Å². The molecule has 0 saturated carbocycles. The number of benzene rings is 2. The summed E-state index contributed by atoms with van der Waals surface area (Å²) in [7, 11) is 0. The first-order valence-electron chi connectivity index (χ1n) is 25.0. The van der Waals surface area contributed by atoms with Crippen molar-refractivity contribution in [3.8, 4) is 23.0 Å². The summed E-state index contributed by atoms with van der Waals surface area (Å²) in [4.78, 5) is 0. The minimum absolute atomic E-state index is 0.0712. The molecule has 0 aromatic heterocycles. The Hall–Kier alpha value is -3.14. The molecule has 4 rings (SSSR count). The van der Waals surface area contributed by atoms with Crippen LogP contribution in [0.3, 0.4) is 0 Å². The van der Waals surface area contributed by atoms with Crippen molar-refractivity contribution in [3.05, 3.63) is 79.5 Å². The maximum Gasteiger partial charge on any atom is 0.127 e. The highest BCUT2D eigenvalue weighted by atomic mass is 16.5. The van der Waals surface area contributed by atoms with Crippen LogP contribution in [0.5, 0.6) is 23.0 Å². The van der Waals surface area contributed by atoms with Gasteiger partial charge in [0.05, 0.1) is 0 Å². The zero-order valence-electron chi connectivity index (χ0n) is 43.1. The van der Waals surface area contributed by atoms with Gasteiger partial charge in [0.2, 0.25) is 0 Å². The number of allylic oxidation sites excluding steroid dienone is 6. The molecule has 2 aliphatic rings. The monoisotopic (exact) mass is 855 g/mol. The molecule has 2 aromatic carbocycles. The summed E-state index contributed by atoms with van der Waals surface area (Å²) in [6, 6.07) is 0. The Kier molecular flexibility index (Phi) is 21.3. The van der Waals surface area contributed by atoms with Crippen molar-refractivity contribution < 1.29 is 19.7 Å². The topological polar surface area (TPSA) is 58.9 Å². The van der Waals surface area contributed by atoms with E-state index in [9.17, 15) is 10.2 Å². The lowest BCUT2D eigenvalue weighted by Gasteiger charge is -2.38. The SMILES string of the molecule is CC(C)=CCC/C(C)=C/CC/C(C)=C/CC[C@]1(C)CCc2c(C)c(O)c(C)c(C)c2O1.Cc1c(C)c2c(c(C)c1O)CC[C@@](C)(CCC[C@H](C)CCC[C@H](C)CCCC(C)C)O2. The van der Waals surface area contributed by atoms with Crippen LogP contribution in [0.15, 0.2) is 34.9 Å². The lowest BCUT2D eigenvalue weighted by Crippen LogP contribution is -2.37. The highest BCUT2D eigenvalue weighted by Crippen LogP contribution is 2.46. The van der Waals surface area contributed by atoms with Crippen LogP contribution in [-0.4, -0.2) is 21.4 Å². The molecule has 0 bridgehead atoms. The Labute approximate surface area is 382 Å². The third kappa shape index (κ3) is 16.1. The molecule has 62 heavy (non-hydrogen) atoms. The average Bonchev–Trinajstić information content (AvgIpc) is 3.20. The molecule has 0 fully saturated rings. The summed E-state index contributed by atoms with van der Waals surface area (Å²) in [5.41, 5.74) is 12.7. The average molecular weight is 855 g/mol. The molecule has 0 aliphatic carbocycles. The van der Waals surface area contributed by atoms with Gasteiger partial charge in [0, 0.05) is 11.1 Å². The number of rotatable bonds is 21. The first-order chi connectivity index (χ1) is 29.1. The summed E-state index contributed by atoms with van der Waals surface area (Å²) < 4.78 is 13.2. The minimum Gasteiger partial charge on any atom is -0.507 e. The standard InChI is InChI=1S/C29H50O2.C29H44O2/c2*1-20(2)12-9-13-21(3)14-10-15-22(4)16-11-18-29(8)19-17-26-25(7)27(30)23(5)24(6)28(26)31-29/h20-22,30H,9-19H2,1-8H3;12,14,16,30H,9-11,13,15,17-19H2,1-8H3/b;21-14+,22-16+/t21-,22-,29-;29-/m11/s1. The fourth-order valence-corrected chi connectivity index (χ4v) is 9.71. The van der Waals surface area contributed by atoms with Gasteiger partial charge >= 0.3 is 0 Å². The van der Waals surface area contributed by atoms with E-state index < -0.39 is 0 Å². The van der Waals surface area contributed by atoms with Crippen molar-refractivity contribution in [1.82, 2.24) is 0 Å². The third-order valence-corrected chi connectivity index (χ3v) is 14.7. The van der Waals surface area contributed by atoms with Crippen LogP contribution in [0.25, 0.3) is 0 Å². The van der Waals surface area contributed by atoms with Crippen molar-refractivity contribution in [1.29, 1.82) is 0 Å². The maximum absolute atomic E-state index is 10.4. The van der Waals surface area contributed by atoms with Crippen molar-refractivity contribution in [2.24, 2.45) is 17.8 Å². The Bertz CT molecular complexity index is 1840. The zero-order chi connectivity index (χ0) is 46.4. The van der Waals surface area contributed by atoms with Crippen molar-refractivity contribution in [3.63, 3.8) is 0 Å². The molecule has 2 N–H and O–H groups in total. The molecule has 4 atom stereocenters. The predicted molar refractivity (Wildman–Crippen MR) is 269 cm³/mol. The van der Waals surface area contributed by atoms with Gasteiger partial charge in [0.1, 0.15) is 34.2 Å². The lowest BCUT2D eigenvalue weighted by molar-refractivity contribution is 0.0511. The Balaban J connectivity index is 0.000000330. The van der Waals surface area contributed by atoms with E-state index in [1.807, 2.05) is 27.7 Å². The molecule has 2 aromatic rings. The zero-order valence-corrected chi connectivity index (χ0v) is 43.1. The maximum atomic E-state index is 10.4. The van der Waals surface area contributed by atoms with Crippen molar-refractivity contribution >= 4 is 0 Å². The number of aromatic hydroxyl groups is 2. The van der Waals surface area contributed by atoms with E-state index in [0.29, 0.717) is 11.5 Å². The van der Waals surface area contributed by atoms with Crippen LogP contribution in [-0.2, 0) is 12.8 Å². The molecule has 350 valence electrons. The summed E-state index contributed by atoms with van der Waals surface area (Å²) in [6.45, 7) is 35.1. The first kappa shape index (κ1) is 53.2. The fraction of sp³-hybridized carbons (Fsp3) is 0.690. The van der Waals surface area contributed by atoms with E-state index in [1.165, 1.54) is 85.6 Å². The number of hydrogen-bond donors (Lipinski definition) is 2. The number of fused-ring (bicyclic) bond motifs is 2. The van der Waals surface area contributed by atoms with E-state index in [0.717, 1.165) is 127 Å². The molecule has 0 saturated heterocycles. The Morgan fingerprint density at radius 2 is 0.935 bits per heavy atom. The molecular weight excluding hydrogens is 761 g/mol. The largest absolute Gasteiger partial charge is 0.507 e. The van der Waals surface area contributed by atoms with Crippen LogP contribution in [0.2, 0.25) is 0 Å². The van der Waals surface area contributed by atoms with Crippen LogP contribution in [0.1, 0.15) is 223 Å². The summed E-state index contributed by atoms with van der Waals surface area (Å²) in [5, 5.41) is 20.8. The van der Waals surface area contributed by atoms with E-state index >= 15 is 0 Å². The van der Waals surface area contributed by atoms with Crippen LogP contribution in [0.4, 0.5) is 0 Å². The van der Waals surface area contributed by atoms with E-state index in [2.05, 4.69) is 101 Å². The Morgan fingerprint density at radius 3 is 1.39 bits per heavy atom. The number of phenolic OH excluding ortho intramolecular Hbond substituents is 2. The summed E-state index contributed by atoms with van der Waals surface area (Å²) >= 11 is 0. The van der Waals surface area contributed by atoms with E-state index in [-0.39, 0.29) is 11.2 Å². The summed E-state index contributed by atoms with van der Waals surface area (Å²) in [5.74, 6) is 5.48. The second-order valence-electron chi connectivity index (χ2n) is 21.5. The van der Waals surface area contributed by atoms with Gasteiger partial charge in [-0.1, -0.05) is 108 Å². The first-order valence-corrected chi connectivity index (χ1v) is 25.0.